The molecule has 0 aliphatic heterocycles. The highest BCUT2D eigenvalue weighted by molar-refractivity contribution is 6.33. The van der Waals surface area contributed by atoms with Gasteiger partial charge in [-0.05, 0) is 19.1 Å². The Balaban J connectivity index is 2.60. The molecule has 0 fully saturated rings. The SMILES string of the molecule is C#CC(C)NC(=O)Nc1ccccc1Cl. The van der Waals surface area contributed by atoms with E-state index in [1.54, 1.807) is 31.2 Å². The minimum Gasteiger partial charge on any atom is -0.325 e. The number of carbonyl (C=O) groups is 1. The Morgan fingerprint density at radius 3 is 2.80 bits per heavy atom. The fraction of sp³-hybridized carbons (Fsp3) is 0.182. The third-order valence-corrected chi connectivity index (χ3v) is 2.05. The lowest BCUT2D eigenvalue weighted by Crippen LogP contribution is -2.35. The summed E-state index contributed by atoms with van der Waals surface area (Å²) in [6.45, 7) is 1.71. The van der Waals surface area contributed by atoms with Crippen molar-refractivity contribution >= 4 is 23.3 Å². The van der Waals surface area contributed by atoms with Gasteiger partial charge in [0.25, 0.3) is 0 Å². The first-order valence-corrected chi connectivity index (χ1v) is 4.79. The molecule has 0 radical (unpaired) electrons. The van der Waals surface area contributed by atoms with Crippen LogP contribution >= 0.6 is 11.6 Å². The van der Waals surface area contributed by atoms with Crippen molar-refractivity contribution in [3.63, 3.8) is 0 Å². The molecule has 78 valence electrons. The maximum atomic E-state index is 11.4. The first kappa shape index (κ1) is 11.4. The molecular weight excluding hydrogens is 212 g/mol. The number of hydrogen-bond acceptors (Lipinski definition) is 1. The predicted octanol–water partition coefficient (Wildman–Crippen LogP) is 2.48. The summed E-state index contributed by atoms with van der Waals surface area (Å²) in [7, 11) is 0. The van der Waals surface area contributed by atoms with E-state index in [1.807, 2.05) is 0 Å². The van der Waals surface area contributed by atoms with Crippen LogP contribution in [0.3, 0.4) is 0 Å². The molecule has 0 heterocycles. The van der Waals surface area contributed by atoms with Gasteiger partial charge in [-0.2, -0.15) is 0 Å². The zero-order chi connectivity index (χ0) is 11.3. The van der Waals surface area contributed by atoms with Gasteiger partial charge in [0, 0.05) is 0 Å². The van der Waals surface area contributed by atoms with Crippen LogP contribution in [0.2, 0.25) is 5.02 Å². The molecule has 0 bridgehead atoms. The summed E-state index contributed by atoms with van der Waals surface area (Å²) in [5.41, 5.74) is 0.556. The van der Waals surface area contributed by atoms with E-state index in [-0.39, 0.29) is 12.1 Å². The van der Waals surface area contributed by atoms with Crippen LogP contribution in [0.5, 0.6) is 0 Å². The first-order chi connectivity index (χ1) is 7.13. The minimum atomic E-state index is -0.367. The van der Waals surface area contributed by atoms with E-state index in [0.717, 1.165) is 0 Å². The van der Waals surface area contributed by atoms with Gasteiger partial charge >= 0.3 is 6.03 Å². The van der Waals surface area contributed by atoms with E-state index in [2.05, 4.69) is 16.6 Å². The van der Waals surface area contributed by atoms with Crippen molar-refractivity contribution in [2.24, 2.45) is 0 Å². The lowest BCUT2D eigenvalue weighted by Gasteiger charge is -2.10. The van der Waals surface area contributed by atoms with Gasteiger partial charge in [-0.3, -0.25) is 0 Å². The standard InChI is InChI=1S/C11H11ClN2O/c1-3-8(2)13-11(15)14-10-7-5-4-6-9(10)12/h1,4-8H,2H3,(H2,13,14,15). The fourth-order valence-corrected chi connectivity index (χ4v) is 1.14. The van der Waals surface area contributed by atoms with E-state index >= 15 is 0 Å². The van der Waals surface area contributed by atoms with Crippen molar-refractivity contribution in [3.8, 4) is 12.3 Å². The van der Waals surface area contributed by atoms with Gasteiger partial charge in [0.2, 0.25) is 0 Å². The maximum absolute atomic E-state index is 11.4. The molecule has 0 aromatic heterocycles. The Kier molecular flexibility index (Phi) is 4.02. The van der Waals surface area contributed by atoms with Crippen molar-refractivity contribution in [2.45, 2.75) is 13.0 Å². The van der Waals surface area contributed by atoms with Crippen molar-refractivity contribution in [2.75, 3.05) is 5.32 Å². The van der Waals surface area contributed by atoms with E-state index in [4.69, 9.17) is 18.0 Å². The van der Waals surface area contributed by atoms with E-state index in [0.29, 0.717) is 10.7 Å². The Morgan fingerprint density at radius 2 is 2.20 bits per heavy atom. The highest BCUT2D eigenvalue weighted by Crippen LogP contribution is 2.19. The van der Waals surface area contributed by atoms with E-state index in [9.17, 15) is 4.79 Å². The van der Waals surface area contributed by atoms with Crippen molar-refractivity contribution < 1.29 is 4.79 Å². The number of anilines is 1. The summed E-state index contributed by atoms with van der Waals surface area (Å²) in [6, 6.07) is 6.30. The molecule has 1 unspecified atom stereocenters. The fourth-order valence-electron chi connectivity index (χ4n) is 0.959. The van der Waals surface area contributed by atoms with Crippen molar-refractivity contribution in [1.82, 2.24) is 5.32 Å². The van der Waals surface area contributed by atoms with Crippen LogP contribution in [0.25, 0.3) is 0 Å². The van der Waals surface area contributed by atoms with Crippen molar-refractivity contribution in [3.05, 3.63) is 29.3 Å². The molecule has 4 heteroatoms. The van der Waals surface area contributed by atoms with Gasteiger partial charge in [0.1, 0.15) is 0 Å². The number of rotatable bonds is 2. The number of halogens is 1. The smallest absolute Gasteiger partial charge is 0.320 e. The second-order valence-corrected chi connectivity index (χ2v) is 3.37. The molecule has 1 rings (SSSR count). The molecule has 2 N–H and O–H groups in total. The number of terminal acetylenes is 1. The number of hydrogen-bond donors (Lipinski definition) is 2. The molecule has 0 aliphatic rings. The third-order valence-electron chi connectivity index (χ3n) is 1.72. The summed E-state index contributed by atoms with van der Waals surface area (Å²) >= 11 is 5.86. The monoisotopic (exact) mass is 222 g/mol. The van der Waals surface area contributed by atoms with Gasteiger partial charge in [-0.15, -0.1) is 6.42 Å². The first-order valence-electron chi connectivity index (χ1n) is 4.41. The zero-order valence-electron chi connectivity index (χ0n) is 8.25. The van der Waals surface area contributed by atoms with Crippen LogP contribution in [-0.2, 0) is 0 Å². The molecule has 0 spiro atoms. The van der Waals surface area contributed by atoms with Crippen LogP contribution < -0.4 is 10.6 Å². The molecule has 2 amide bonds. The Hall–Kier alpha value is -1.66. The number of carbonyl (C=O) groups excluding carboxylic acids is 1. The van der Waals surface area contributed by atoms with Crippen molar-refractivity contribution in [1.29, 1.82) is 0 Å². The van der Waals surface area contributed by atoms with E-state index in [1.165, 1.54) is 0 Å². The number of amides is 2. The Labute approximate surface area is 93.8 Å². The molecule has 15 heavy (non-hydrogen) atoms. The van der Waals surface area contributed by atoms with Gasteiger partial charge in [-0.1, -0.05) is 29.7 Å². The van der Waals surface area contributed by atoms with Crippen LogP contribution in [0.15, 0.2) is 24.3 Å². The van der Waals surface area contributed by atoms with Gasteiger partial charge in [0.05, 0.1) is 16.8 Å². The molecule has 1 aromatic rings. The van der Waals surface area contributed by atoms with Crippen LogP contribution in [0.1, 0.15) is 6.92 Å². The lowest BCUT2D eigenvalue weighted by atomic mass is 10.3. The Morgan fingerprint density at radius 1 is 1.53 bits per heavy atom. The van der Waals surface area contributed by atoms with Crippen LogP contribution in [0, 0.1) is 12.3 Å². The average molecular weight is 223 g/mol. The number of nitrogens with one attached hydrogen (secondary N) is 2. The highest BCUT2D eigenvalue weighted by atomic mass is 35.5. The van der Waals surface area contributed by atoms with E-state index < -0.39 is 0 Å². The summed E-state index contributed by atoms with van der Waals surface area (Å²) in [4.78, 5) is 11.4. The van der Waals surface area contributed by atoms with Gasteiger partial charge < -0.3 is 10.6 Å². The number of para-hydroxylation sites is 1. The number of benzene rings is 1. The molecule has 3 nitrogen and oxygen atoms in total. The summed E-state index contributed by atoms with van der Waals surface area (Å²) in [5.74, 6) is 2.39. The van der Waals surface area contributed by atoms with Crippen LogP contribution in [0.4, 0.5) is 10.5 Å². The largest absolute Gasteiger partial charge is 0.325 e. The molecule has 0 aliphatic carbocycles. The highest BCUT2D eigenvalue weighted by Gasteiger charge is 2.06. The topological polar surface area (TPSA) is 41.1 Å². The lowest BCUT2D eigenvalue weighted by molar-refractivity contribution is 0.251. The van der Waals surface area contributed by atoms with Gasteiger partial charge in [-0.25, -0.2) is 4.79 Å². The summed E-state index contributed by atoms with van der Waals surface area (Å²) in [6.07, 6.45) is 5.13. The van der Waals surface area contributed by atoms with Gasteiger partial charge in [0.15, 0.2) is 0 Å². The maximum Gasteiger partial charge on any atom is 0.320 e. The number of urea groups is 1. The third kappa shape index (κ3) is 3.53. The quantitative estimate of drug-likeness (QED) is 0.742. The summed E-state index contributed by atoms with van der Waals surface area (Å²) < 4.78 is 0. The second kappa shape index (κ2) is 5.28. The summed E-state index contributed by atoms with van der Waals surface area (Å²) in [5, 5.41) is 5.65. The predicted molar refractivity (Wildman–Crippen MR) is 61.9 cm³/mol. The molecule has 1 aromatic carbocycles. The molecule has 1 atom stereocenters. The second-order valence-electron chi connectivity index (χ2n) is 2.97. The zero-order valence-corrected chi connectivity index (χ0v) is 9.01. The van der Waals surface area contributed by atoms with Crippen LogP contribution in [-0.4, -0.2) is 12.1 Å². The Bertz CT molecular complexity index is 398. The average Bonchev–Trinajstić information content (AvgIpc) is 2.21. The minimum absolute atomic E-state index is 0.313. The molecule has 0 saturated heterocycles. The molecule has 0 saturated carbocycles. The molecular formula is C11H11ClN2O. The normalized spacial score (nSPS) is 11.3.